The molecule has 1 amide bonds. The van der Waals surface area contributed by atoms with Gasteiger partial charge < -0.3 is 4.90 Å². The second-order valence-electron chi connectivity index (χ2n) is 6.07. The number of nitrogens with two attached hydrogens (primary N) is 1. The van der Waals surface area contributed by atoms with Gasteiger partial charge in [0.05, 0.1) is 10.9 Å². The van der Waals surface area contributed by atoms with Crippen molar-refractivity contribution in [3.63, 3.8) is 0 Å². The molecule has 22 heavy (non-hydrogen) atoms. The van der Waals surface area contributed by atoms with Crippen LogP contribution in [0.15, 0.2) is 29.2 Å². The molecule has 2 rings (SSSR count). The molecule has 1 aromatic rings. The summed E-state index contributed by atoms with van der Waals surface area (Å²) in [5, 5.41) is 5.10. The molecule has 0 bridgehead atoms. The van der Waals surface area contributed by atoms with Gasteiger partial charge >= 0.3 is 0 Å². The van der Waals surface area contributed by atoms with E-state index in [-0.39, 0.29) is 22.8 Å². The topological polar surface area (TPSA) is 80.5 Å². The molecule has 0 radical (unpaired) electrons. The number of sulfonamides is 1. The summed E-state index contributed by atoms with van der Waals surface area (Å²) in [6.45, 7) is 1.95. The average Bonchev–Trinajstić information content (AvgIpc) is 2.53. The van der Waals surface area contributed by atoms with Crippen molar-refractivity contribution in [3.8, 4) is 0 Å². The highest BCUT2D eigenvalue weighted by molar-refractivity contribution is 7.89. The molecule has 0 heterocycles. The quantitative estimate of drug-likeness (QED) is 0.923. The Hall–Kier alpha value is -1.40. The van der Waals surface area contributed by atoms with Crippen LogP contribution in [0.4, 0.5) is 0 Å². The van der Waals surface area contributed by atoms with Crippen molar-refractivity contribution in [1.82, 2.24) is 4.90 Å². The smallest absolute Gasteiger partial charge is 0.238 e. The van der Waals surface area contributed by atoms with Gasteiger partial charge in [0.25, 0.3) is 0 Å². The summed E-state index contributed by atoms with van der Waals surface area (Å²) in [4.78, 5) is 14.4. The molecule has 1 atom stereocenters. The fourth-order valence-electron chi connectivity index (χ4n) is 2.99. The third-order valence-electron chi connectivity index (χ3n) is 4.57. The molecule has 1 aromatic carbocycles. The molecule has 0 aromatic heterocycles. The van der Waals surface area contributed by atoms with Crippen molar-refractivity contribution in [3.05, 3.63) is 29.8 Å². The van der Waals surface area contributed by atoms with E-state index in [1.165, 1.54) is 18.6 Å². The van der Waals surface area contributed by atoms with Crippen LogP contribution in [0.5, 0.6) is 0 Å². The summed E-state index contributed by atoms with van der Waals surface area (Å²) < 4.78 is 22.6. The molecule has 0 saturated heterocycles. The zero-order chi connectivity index (χ0) is 16.3. The van der Waals surface area contributed by atoms with E-state index in [0.717, 1.165) is 31.2 Å². The first-order valence-electron chi connectivity index (χ1n) is 7.70. The molecule has 2 N–H and O–H groups in total. The van der Waals surface area contributed by atoms with Gasteiger partial charge in [-0.05, 0) is 37.5 Å². The van der Waals surface area contributed by atoms with E-state index in [9.17, 15) is 13.2 Å². The van der Waals surface area contributed by atoms with Crippen LogP contribution in [0.1, 0.15) is 50.6 Å². The van der Waals surface area contributed by atoms with Gasteiger partial charge in [-0.3, -0.25) is 4.79 Å². The summed E-state index contributed by atoms with van der Waals surface area (Å²) >= 11 is 0. The number of carbonyl (C=O) groups excluding carboxylic acids is 1. The lowest BCUT2D eigenvalue weighted by Gasteiger charge is -2.31. The number of benzene rings is 1. The number of primary sulfonamides is 1. The summed E-state index contributed by atoms with van der Waals surface area (Å²) in [7, 11) is -1.86. The van der Waals surface area contributed by atoms with E-state index in [4.69, 9.17) is 5.14 Å². The molecular weight excluding hydrogens is 300 g/mol. The van der Waals surface area contributed by atoms with Crippen LogP contribution in [-0.2, 0) is 14.8 Å². The number of rotatable bonds is 4. The molecule has 1 saturated carbocycles. The van der Waals surface area contributed by atoms with Crippen molar-refractivity contribution < 1.29 is 13.2 Å². The van der Waals surface area contributed by atoms with Crippen molar-refractivity contribution in [2.75, 3.05) is 7.05 Å². The lowest BCUT2D eigenvalue weighted by molar-refractivity contribution is -0.137. The Labute approximate surface area is 132 Å². The van der Waals surface area contributed by atoms with Crippen LogP contribution in [0.2, 0.25) is 0 Å². The van der Waals surface area contributed by atoms with Gasteiger partial charge in [0.15, 0.2) is 0 Å². The van der Waals surface area contributed by atoms with Crippen LogP contribution in [0, 0.1) is 5.92 Å². The van der Waals surface area contributed by atoms with Gasteiger partial charge in [-0.15, -0.1) is 0 Å². The van der Waals surface area contributed by atoms with E-state index in [1.54, 1.807) is 17.0 Å². The number of carbonyl (C=O) groups is 1. The normalized spacial score (nSPS) is 18.0. The van der Waals surface area contributed by atoms with Gasteiger partial charge in [-0.1, -0.05) is 31.4 Å². The van der Waals surface area contributed by atoms with Gasteiger partial charge in [-0.25, -0.2) is 13.6 Å². The zero-order valence-electron chi connectivity index (χ0n) is 13.2. The maximum Gasteiger partial charge on any atom is 0.238 e. The van der Waals surface area contributed by atoms with Crippen LogP contribution < -0.4 is 5.14 Å². The Morgan fingerprint density at radius 1 is 1.18 bits per heavy atom. The molecule has 0 spiro atoms. The molecule has 1 unspecified atom stereocenters. The monoisotopic (exact) mass is 324 g/mol. The SMILES string of the molecule is CC(c1ccc(S(N)(=O)=O)cc1)N(C)C(=O)C1CCCCC1. The first-order chi connectivity index (χ1) is 10.3. The highest BCUT2D eigenvalue weighted by Gasteiger charge is 2.27. The molecule has 1 aliphatic carbocycles. The lowest BCUT2D eigenvalue weighted by atomic mass is 9.88. The first-order valence-corrected chi connectivity index (χ1v) is 9.25. The minimum absolute atomic E-state index is 0.0877. The number of amides is 1. The van der Waals surface area contributed by atoms with Crippen molar-refractivity contribution in [2.24, 2.45) is 11.1 Å². The highest BCUT2D eigenvalue weighted by atomic mass is 32.2. The predicted octanol–water partition coefficient (Wildman–Crippen LogP) is 2.43. The molecule has 122 valence electrons. The molecule has 6 heteroatoms. The first kappa shape index (κ1) is 17.0. The number of nitrogens with zero attached hydrogens (tertiary/aromatic N) is 1. The van der Waals surface area contributed by atoms with Crippen molar-refractivity contribution >= 4 is 15.9 Å². The number of hydrogen-bond donors (Lipinski definition) is 1. The molecular formula is C16H24N2O3S. The predicted molar refractivity (Wildman–Crippen MR) is 85.6 cm³/mol. The zero-order valence-corrected chi connectivity index (χ0v) is 14.0. The standard InChI is InChI=1S/C16H24N2O3S/c1-12(13-8-10-15(11-9-13)22(17,20)21)18(2)16(19)14-6-4-3-5-7-14/h8-12,14H,3-7H2,1-2H3,(H2,17,20,21). The maximum absolute atomic E-state index is 12.5. The van der Waals surface area contributed by atoms with Gasteiger partial charge in [0.1, 0.15) is 0 Å². The maximum atomic E-state index is 12.5. The van der Waals surface area contributed by atoms with E-state index in [1.807, 2.05) is 14.0 Å². The Morgan fingerprint density at radius 3 is 2.23 bits per heavy atom. The molecule has 1 fully saturated rings. The number of hydrogen-bond acceptors (Lipinski definition) is 3. The van der Waals surface area contributed by atoms with Gasteiger partial charge in [-0.2, -0.15) is 0 Å². The Balaban J connectivity index is 2.09. The van der Waals surface area contributed by atoms with Gasteiger partial charge in [0, 0.05) is 13.0 Å². The average molecular weight is 324 g/mol. The third-order valence-corrected chi connectivity index (χ3v) is 5.50. The lowest BCUT2D eigenvalue weighted by Crippen LogP contribution is -2.35. The largest absolute Gasteiger partial charge is 0.339 e. The molecule has 0 aliphatic heterocycles. The molecule has 1 aliphatic rings. The Kier molecular flexibility index (Phi) is 5.24. The summed E-state index contributed by atoms with van der Waals surface area (Å²) in [5.74, 6) is 0.313. The Bertz CT molecular complexity index is 619. The minimum Gasteiger partial charge on any atom is -0.339 e. The molecule has 5 nitrogen and oxygen atoms in total. The fraction of sp³-hybridized carbons (Fsp3) is 0.562. The summed E-state index contributed by atoms with van der Waals surface area (Å²) in [5.41, 5.74) is 0.902. The van der Waals surface area contributed by atoms with Crippen molar-refractivity contribution in [1.29, 1.82) is 0 Å². The highest BCUT2D eigenvalue weighted by Crippen LogP contribution is 2.28. The van der Waals surface area contributed by atoms with E-state index in [0.29, 0.717) is 0 Å². The van der Waals surface area contributed by atoms with Gasteiger partial charge in [0.2, 0.25) is 15.9 Å². The van der Waals surface area contributed by atoms with Crippen LogP contribution in [-0.4, -0.2) is 26.3 Å². The summed E-state index contributed by atoms with van der Waals surface area (Å²) in [6, 6.07) is 6.31. The second kappa shape index (κ2) is 6.79. The van der Waals surface area contributed by atoms with Crippen LogP contribution in [0.3, 0.4) is 0 Å². The summed E-state index contributed by atoms with van der Waals surface area (Å²) in [6.07, 6.45) is 5.42. The van der Waals surface area contributed by atoms with E-state index in [2.05, 4.69) is 0 Å². The second-order valence-corrected chi connectivity index (χ2v) is 7.64. The van der Waals surface area contributed by atoms with Crippen molar-refractivity contribution in [2.45, 2.75) is 50.0 Å². The fourth-order valence-corrected chi connectivity index (χ4v) is 3.50. The van der Waals surface area contributed by atoms with Crippen LogP contribution >= 0.6 is 0 Å². The third kappa shape index (κ3) is 3.87. The Morgan fingerprint density at radius 2 is 1.73 bits per heavy atom. The van der Waals surface area contributed by atoms with Crippen LogP contribution in [0.25, 0.3) is 0 Å². The van der Waals surface area contributed by atoms with E-state index >= 15 is 0 Å². The van der Waals surface area contributed by atoms with E-state index < -0.39 is 10.0 Å². The minimum atomic E-state index is -3.68.